The van der Waals surface area contributed by atoms with Crippen LogP contribution in [0.1, 0.15) is 11.0 Å². The maximum Gasteiger partial charge on any atom is 0.404 e. The van der Waals surface area contributed by atoms with Gasteiger partial charge >= 0.3 is 6.09 Å². The first-order valence-electron chi connectivity index (χ1n) is 2.84. The molecular formula is C3H7NO2. The van der Waals surface area contributed by atoms with Crippen LogP contribution in [-0.2, 0) is 4.74 Å². The monoisotopic (exact) mass is 92.1 g/mol. The summed E-state index contributed by atoms with van der Waals surface area (Å²) in [6, 6.07) is 0. The summed E-state index contributed by atoms with van der Waals surface area (Å²) in [4.78, 5) is 9.80. The zero-order chi connectivity index (χ0) is 7.49. The zero-order valence-electron chi connectivity index (χ0n) is 6.10. The molecule has 0 atom stereocenters. The lowest BCUT2D eigenvalue weighted by Gasteiger charge is -1.89. The van der Waals surface area contributed by atoms with Crippen molar-refractivity contribution in [2.75, 3.05) is 6.61 Å². The summed E-state index contributed by atoms with van der Waals surface area (Å²) in [7, 11) is 0. The van der Waals surface area contributed by atoms with Crippen molar-refractivity contribution in [3.05, 3.63) is 0 Å². The van der Waals surface area contributed by atoms with Crippen LogP contribution in [0.5, 0.6) is 0 Å². The smallest absolute Gasteiger partial charge is 0.404 e. The van der Waals surface area contributed by atoms with Crippen molar-refractivity contribution in [3.8, 4) is 0 Å². The summed E-state index contributed by atoms with van der Waals surface area (Å²) in [6.07, 6.45) is -1.06. The first kappa shape index (κ1) is 1.82. The molecule has 0 bridgehead atoms. The molecule has 0 unspecified atom stereocenters. The van der Waals surface area contributed by atoms with Crippen molar-refractivity contribution in [2.45, 2.75) is 6.85 Å². The number of amides is 1. The summed E-state index contributed by atoms with van der Waals surface area (Å²) in [5, 5.41) is 0. The molecule has 2 N–H and O–H groups in total. The first-order chi connectivity index (χ1) is 3.92. The highest BCUT2D eigenvalue weighted by Crippen LogP contribution is 1.66. The lowest BCUT2D eigenvalue weighted by Crippen LogP contribution is -2.11. The maximum atomic E-state index is 9.80. The fraction of sp³-hybridized carbons (Fsp3) is 0.667. The van der Waals surface area contributed by atoms with Gasteiger partial charge in [-0.3, -0.25) is 0 Å². The summed E-state index contributed by atoms with van der Waals surface area (Å²) >= 11 is 0. The quantitative estimate of drug-likeness (QED) is 0.498. The lowest BCUT2D eigenvalue weighted by atomic mass is 10.9. The SMILES string of the molecule is [2H]C([2H])([2H])COC(N)=O. The second-order valence-electron chi connectivity index (χ2n) is 0.608. The van der Waals surface area contributed by atoms with Gasteiger partial charge in [0.1, 0.15) is 0 Å². The average molecular weight is 92.1 g/mol. The molecule has 0 aliphatic carbocycles. The van der Waals surface area contributed by atoms with E-state index < -0.39 is 19.6 Å². The van der Waals surface area contributed by atoms with Crippen molar-refractivity contribution >= 4 is 6.09 Å². The second kappa shape index (κ2) is 2.50. The Hall–Kier alpha value is -0.730. The van der Waals surface area contributed by atoms with Gasteiger partial charge in [0.25, 0.3) is 0 Å². The molecule has 0 aromatic rings. The summed E-state index contributed by atoms with van der Waals surface area (Å²) in [6.45, 7) is -2.86. The number of rotatable bonds is 1. The number of ether oxygens (including phenoxy) is 1. The van der Waals surface area contributed by atoms with Crippen LogP contribution < -0.4 is 5.73 Å². The van der Waals surface area contributed by atoms with Crippen molar-refractivity contribution in [2.24, 2.45) is 5.73 Å². The highest BCUT2D eigenvalue weighted by atomic mass is 16.5. The van der Waals surface area contributed by atoms with Gasteiger partial charge in [-0.05, 0) is 6.85 Å². The largest absolute Gasteiger partial charge is 0.450 e. The van der Waals surface area contributed by atoms with E-state index in [0.717, 1.165) is 0 Å². The Kier molecular flexibility index (Phi) is 0.759. The van der Waals surface area contributed by atoms with Gasteiger partial charge in [-0.1, -0.05) is 0 Å². The molecule has 3 heteroatoms. The Balaban J connectivity index is 3.39. The molecule has 0 heterocycles. The van der Waals surface area contributed by atoms with E-state index in [4.69, 9.17) is 4.11 Å². The second-order valence-corrected chi connectivity index (χ2v) is 0.608. The third kappa shape index (κ3) is 3.27. The van der Waals surface area contributed by atoms with Crippen LogP contribution in [0.2, 0.25) is 0 Å². The minimum Gasteiger partial charge on any atom is -0.450 e. The summed E-state index contributed by atoms with van der Waals surface area (Å²) in [5.41, 5.74) is 4.49. The van der Waals surface area contributed by atoms with Crippen LogP contribution in [0.25, 0.3) is 0 Å². The van der Waals surface area contributed by atoms with Crippen molar-refractivity contribution < 1.29 is 13.6 Å². The molecule has 6 heavy (non-hydrogen) atoms. The topological polar surface area (TPSA) is 52.3 Å². The third-order valence-electron chi connectivity index (χ3n) is 0.214. The van der Waals surface area contributed by atoms with Crippen LogP contribution in [0.15, 0.2) is 0 Å². The van der Waals surface area contributed by atoms with Gasteiger partial charge in [0.15, 0.2) is 0 Å². The normalized spacial score (nSPS) is 17.0. The Labute approximate surface area is 40.3 Å². The Morgan fingerprint density at radius 2 is 3.00 bits per heavy atom. The predicted octanol–water partition coefficient (Wildman–Crippen LogP) is 0.102. The van der Waals surface area contributed by atoms with E-state index in [0.29, 0.717) is 0 Å². The Morgan fingerprint density at radius 1 is 2.33 bits per heavy atom. The molecule has 0 saturated heterocycles. The van der Waals surface area contributed by atoms with E-state index in [2.05, 4.69) is 10.5 Å². The van der Waals surface area contributed by atoms with E-state index in [1.54, 1.807) is 0 Å². The number of carbonyl (C=O) groups is 1. The minimum atomic E-state index is -2.24. The number of nitrogens with two attached hydrogens (primary N) is 1. The molecule has 0 saturated carbocycles. The van der Waals surface area contributed by atoms with E-state index in [1.165, 1.54) is 0 Å². The number of hydrogen-bond donors (Lipinski definition) is 1. The molecular weight excluding hydrogens is 82.0 g/mol. The third-order valence-corrected chi connectivity index (χ3v) is 0.214. The van der Waals surface area contributed by atoms with Crippen LogP contribution in [0, 0.1) is 0 Å². The fourth-order valence-corrected chi connectivity index (χ4v) is 0.0711. The summed E-state index contributed by atoms with van der Waals surface area (Å²) < 4.78 is 23.6. The Morgan fingerprint density at radius 3 is 3.17 bits per heavy atom. The molecule has 0 radical (unpaired) electrons. The number of hydrogen-bond acceptors (Lipinski definition) is 2. The lowest BCUT2D eigenvalue weighted by molar-refractivity contribution is 0.163. The first-order valence-corrected chi connectivity index (χ1v) is 1.34. The van der Waals surface area contributed by atoms with Gasteiger partial charge in [0.05, 0.1) is 6.61 Å². The van der Waals surface area contributed by atoms with Gasteiger partial charge in [0.2, 0.25) is 0 Å². The van der Waals surface area contributed by atoms with E-state index in [-0.39, 0.29) is 0 Å². The van der Waals surface area contributed by atoms with Crippen LogP contribution in [0.4, 0.5) is 4.79 Å². The maximum absolute atomic E-state index is 9.80. The van der Waals surface area contributed by atoms with E-state index in [9.17, 15) is 4.79 Å². The van der Waals surface area contributed by atoms with Gasteiger partial charge < -0.3 is 10.5 Å². The molecule has 0 spiro atoms. The Bertz CT molecular complexity index is 110. The average Bonchev–Trinajstić information content (AvgIpc) is 1.59. The molecule has 0 aromatic heterocycles. The van der Waals surface area contributed by atoms with Crippen molar-refractivity contribution in [1.29, 1.82) is 0 Å². The number of primary amides is 1. The highest BCUT2D eigenvalue weighted by Gasteiger charge is 1.82. The molecule has 36 valence electrons. The molecule has 0 aliphatic heterocycles. The zero-order valence-corrected chi connectivity index (χ0v) is 3.10. The van der Waals surface area contributed by atoms with Gasteiger partial charge in [-0.25, -0.2) is 4.79 Å². The molecule has 0 aliphatic rings. The van der Waals surface area contributed by atoms with E-state index in [1.807, 2.05) is 0 Å². The molecule has 3 nitrogen and oxygen atoms in total. The van der Waals surface area contributed by atoms with Crippen LogP contribution in [0.3, 0.4) is 0 Å². The van der Waals surface area contributed by atoms with Crippen LogP contribution >= 0.6 is 0 Å². The summed E-state index contributed by atoms with van der Waals surface area (Å²) in [5.74, 6) is 0. The minimum absolute atomic E-state index is 0.623. The van der Waals surface area contributed by atoms with Gasteiger partial charge in [-0.15, -0.1) is 0 Å². The standard InChI is InChI=1S/C3H7NO2/c1-2-6-3(4)5/h2H2,1H3,(H2,4,5)/i1D3. The molecule has 0 aromatic carbocycles. The van der Waals surface area contributed by atoms with Crippen LogP contribution in [-0.4, -0.2) is 12.7 Å². The van der Waals surface area contributed by atoms with Gasteiger partial charge in [0, 0.05) is 4.11 Å². The van der Waals surface area contributed by atoms with Crippen molar-refractivity contribution in [3.63, 3.8) is 0 Å². The molecule has 0 fully saturated rings. The number of carbonyl (C=O) groups excluding carboxylic acids is 1. The predicted molar refractivity (Wildman–Crippen MR) is 21.2 cm³/mol. The highest BCUT2D eigenvalue weighted by molar-refractivity contribution is 5.64. The van der Waals surface area contributed by atoms with E-state index >= 15 is 0 Å². The van der Waals surface area contributed by atoms with Gasteiger partial charge in [-0.2, -0.15) is 0 Å². The molecule has 1 amide bonds. The molecule has 0 rings (SSSR count). The fourth-order valence-electron chi connectivity index (χ4n) is 0.0711. The van der Waals surface area contributed by atoms with Crippen molar-refractivity contribution in [1.82, 2.24) is 0 Å².